The van der Waals surface area contributed by atoms with E-state index in [0.717, 1.165) is 30.2 Å². The van der Waals surface area contributed by atoms with Crippen molar-refractivity contribution >= 4 is 0 Å². The van der Waals surface area contributed by atoms with Crippen LogP contribution in [0.3, 0.4) is 0 Å². The van der Waals surface area contributed by atoms with Gasteiger partial charge in [-0.05, 0) is 30.7 Å². The van der Waals surface area contributed by atoms with Crippen LogP contribution >= 0.6 is 0 Å². The molecule has 1 saturated carbocycles. The molecular weight excluding hydrogens is 266 g/mol. The number of hydrogen-bond acceptors (Lipinski definition) is 4. The molecule has 0 unspecified atom stereocenters. The van der Waals surface area contributed by atoms with Crippen molar-refractivity contribution in [2.45, 2.75) is 39.2 Å². The number of methoxy groups -OCH3 is 3. The van der Waals surface area contributed by atoms with Crippen LogP contribution < -0.4 is 19.5 Å². The first-order valence-electron chi connectivity index (χ1n) is 7.67. The van der Waals surface area contributed by atoms with Crippen molar-refractivity contribution in [1.29, 1.82) is 0 Å². The zero-order chi connectivity index (χ0) is 15.3. The largest absolute Gasteiger partial charge is 0.496 e. The summed E-state index contributed by atoms with van der Waals surface area (Å²) in [4.78, 5) is 0. The predicted octanol–water partition coefficient (Wildman–Crippen LogP) is 3.38. The first-order valence-corrected chi connectivity index (χ1v) is 7.67. The predicted molar refractivity (Wildman–Crippen MR) is 84.4 cm³/mol. The lowest BCUT2D eigenvalue weighted by molar-refractivity contribution is 0.123. The highest BCUT2D eigenvalue weighted by molar-refractivity contribution is 5.50. The SMILES string of the molecule is CCC1(CNCc2cc(OC)c(OC)cc2OC)CCC1. The van der Waals surface area contributed by atoms with Crippen LogP contribution in [-0.4, -0.2) is 27.9 Å². The zero-order valence-electron chi connectivity index (χ0n) is 13.6. The van der Waals surface area contributed by atoms with Gasteiger partial charge in [-0.25, -0.2) is 0 Å². The van der Waals surface area contributed by atoms with Gasteiger partial charge in [0, 0.05) is 24.7 Å². The van der Waals surface area contributed by atoms with E-state index in [2.05, 4.69) is 12.2 Å². The Hall–Kier alpha value is -1.42. The van der Waals surface area contributed by atoms with Crippen LogP contribution in [0.25, 0.3) is 0 Å². The highest BCUT2D eigenvalue weighted by atomic mass is 16.5. The lowest BCUT2D eigenvalue weighted by atomic mass is 9.67. The summed E-state index contributed by atoms with van der Waals surface area (Å²) in [7, 11) is 4.98. The molecule has 1 aromatic rings. The lowest BCUT2D eigenvalue weighted by Crippen LogP contribution is -2.39. The van der Waals surface area contributed by atoms with Crippen molar-refractivity contribution in [3.63, 3.8) is 0 Å². The molecule has 0 amide bonds. The topological polar surface area (TPSA) is 39.7 Å². The third-order valence-corrected chi connectivity index (χ3v) is 4.77. The van der Waals surface area contributed by atoms with Gasteiger partial charge in [0.25, 0.3) is 0 Å². The van der Waals surface area contributed by atoms with Crippen LogP contribution in [-0.2, 0) is 6.54 Å². The van der Waals surface area contributed by atoms with Crippen LogP contribution in [0.5, 0.6) is 17.2 Å². The van der Waals surface area contributed by atoms with E-state index >= 15 is 0 Å². The molecule has 0 aliphatic heterocycles. The van der Waals surface area contributed by atoms with E-state index in [1.165, 1.54) is 25.7 Å². The molecule has 1 fully saturated rings. The fourth-order valence-electron chi connectivity index (χ4n) is 3.03. The van der Waals surface area contributed by atoms with Crippen molar-refractivity contribution in [3.05, 3.63) is 17.7 Å². The summed E-state index contributed by atoms with van der Waals surface area (Å²) in [5.41, 5.74) is 1.62. The maximum atomic E-state index is 5.46. The summed E-state index contributed by atoms with van der Waals surface area (Å²) in [6.07, 6.45) is 5.32. The van der Waals surface area contributed by atoms with E-state index in [4.69, 9.17) is 14.2 Å². The zero-order valence-corrected chi connectivity index (χ0v) is 13.6. The minimum absolute atomic E-state index is 0.518. The standard InChI is InChI=1S/C17H27NO3/c1-5-17(7-6-8-17)12-18-11-13-9-15(20-3)16(21-4)10-14(13)19-2/h9-10,18H,5-8,11-12H2,1-4H3. The molecule has 118 valence electrons. The Bertz CT molecular complexity index is 464. The van der Waals surface area contributed by atoms with Gasteiger partial charge >= 0.3 is 0 Å². The maximum absolute atomic E-state index is 5.46. The lowest BCUT2D eigenvalue weighted by Gasteiger charge is -2.41. The number of nitrogens with one attached hydrogen (secondary N) is 1. The molecule has 0 bridgehead atoms. The molecule has 0 radical (unpaired) electrons. The number of benzene rings is 1. The van der Waals surface area contributed by atoms with Crippen LogP contribution in [0.15, 0.2) is 12.1 Å². The Morgan fingerprint density at radius 3 is 2.10 bits per heavy atom. The average Bonchev–Trinajstić information content (AvgIpc) is 2.49. The van der Waals surface area contributed by atoms with Crippen LogP contribution in [0, 0.1) is 5.41 Å². The molecule has 0 atom stereocenters. The van der Waals surface area contributed by atoms with Crippen molar-refractivity contribution in [2.75, 3.05) is 27.9 Å². The van der Waals surface area contributed by atoms with Gasteiger partial charge < -0.3 is 19.5 Å². The van der Waals surface area contributed by atoms with Crippen LogP contribution in [0.2, 0.25) is 0 Å². The molecule has 1 aliphatic rings. The van der Waals surface area contributed by atoms with Crippen LogP contribution in [0.4, 0.5) is 0 Å². The minimum atomic E-state index is 0.518. The van der Waals surface area contributed by atoms with E-state index in [1.807, 2.05) is 12.1 Å². The fraction of sp³-hybridized carbons (Fsp3) is 0.647. The molecule has 0 spiro atoms. The number of rotatable bonds is 8. The molecule has 2 rings (SSSR count). The minimum Gasteiger partial charge on any atom is -0.496 e. The normalized spacial score (nSPS) is 16.2. The molecule has 1 N–H and O–H groups in total. The molecule has 0 heterocycles. The first kappa shape index (κ1) is 16.0. The third-order valence-electron chi connectivity index (χ3n) is 4.77. The first-order chi connectivity index (χ1) is 10.2. The Morgan fingerprint density at radius 1 is 1.00 bits per heavy atom. The molecule has 4 heteroatoms. The van der Waals surface area contributed by atoms with Gasteiger partial charge in [0.15, 0.2) is 11.5 Å². The van der Waals surface area contributed by atoms with Gasteiger partial charge in [0.1, 0.15) is 5.75 Å². The Balaban J connectivity index is 2.04. The van der Waals surface area contributed by atoms with E-state index in [0.29, 0.717) is 11.2 Å². The molecule has 21 heavy (non-hydrogen) atoms. The Labute approximate surface area is 127 Å². The monoisotopic (exact) mass is 293 g/mol. The molecule has 1 aromatic carbocycles. The average molecular weight is 293 g/mol. The Kier molecular flexibility index (Phi) is 5.34. The van der Waals surface area contributed by atoms with Crippen LogP contribution in [0.1, 0.15) is 38.2 Å². The summed E-state index contributed by atoms with van der Waals surface area (Å²) < 4.78 is 16.1. The summed E-state index contributed by atoms with van der Waals surface area (Å²) in [6, 6.07) is 3.87. The fourth-order valence-corrected chi connectivity index (χ4v) is 3.03. The third kappa shape index (κ3) is 3.43. The van der Waals surface area contributed by atoms with Crippen molar-refractivity contribution in [2.24, 2.45) is 5.41 Å². The molecule has 0 aromatic heterocycles. The molecule has 4 nitrogen and oxygen atoms in total. The second-order valence-corrected chi connectivity index (χ2v) is 5.83. The van der Waals surface area contributed by atoms with Gasteiger partial charge in [-0.2, -0.15) is 0 Å². The quantitative estimate of drug-likeness (QED) is 0.797. The van der Waals surface area contributed by atoms with Gasteiger partial charge in [-0.15, -0.1) is 0 Å². The van der Waals surface area contributed by atoms with Crippen molar-refractivity contribution in [3.8, 4) is 17.2 Å². The van der Waals surface area contributed by atoms with Gasteiger partial charge in [-0.3, -0.25) is 0 Å². The highest BCUT2D eigenvalue weighted by Crippen LogP contribution is 2.43. The summed E-state index contributed by atoms with van der Waals surface area (Å²) in [5.74, 6) is 2.27. The Morgan fingerprint density at radius 2 is 1.62 bits per heavy atom. The summed E-state index contributed by atoms with van der Waals surface area (Å²) >= 11 is 0. The van der Waals surface area contributed by atoms with Crippen molar-refractivity contribution < 1.29 is 14.2 Å². The van der Waals surface area contributed by atoms with Gasteiger partial charge in [-0.1, -0.05) is 13.3 Å². The summed E-state index contributed by atoms with van der Waals surface area (Å²) in [5, 5.41) is 3.58. The van der Waals surface area contributed by atoms with Gasteiger partial charge in [0.05, 0.1) is 21.3 Å². The second kappa shape index (κ2) is 7.03. The smallest absolute Gasteiger partial charge is 0.164 e. The number of hydrogen-bond donors (Lipinski definition) is 1. The molecule has 0 saturated heterocycles. The number of ether oxygens (including phenoxy) is 3. The second-order valence-electron chi connectivity index (χ2n) is 5.83. The van der Waals surface area contributed by atoms with Crippen molar-refractivity contribution in [1.82, 2.24) is 5.32 Å². The van der Waals surface area contributed by atoms with E-state index < -0.39 is 0 Å². The molecular formula is C17H27NO3. The van der Waals surface area contributed by atoms with E-state index in [1.54, 1.807) is 21.3 Å². The highest BCUT2D eigenvalue weighted by Gasteiger charge is 2.34. The summed E-state index contributed by atoms with van der Waals surface area (Å²) in [6.45, 7) is 4.14. The molecule has 1 aliphatic carbocycles. The maximum Gasteiger partial charge on any atom is 0.164 e. The van der Waals surface area contributed by atoms with E-state index in [9.17, 15) is 0 Å². The van der Waals surface area contributed by atoms with E-state index in [-0.39, 0.29) is 0 Å². The van der Waals surface area contributed by atoms with Gasteiger partial charge in [0.2, 0.25) is 0 Å².